The summed E-state index contributed by atoms with van der Waals surface area (Å²) in [5, 5.41) is 11.7. The second-order valence-electron chi connectivity index (χ2n) is 4.15. The van der Waals surface area contributed by atoms with E-state index in [-0.39, 0.29) is 19.0 Å². The third kappa shape index (κ3) is 5.36. The molecule has 0 aromatic heterocycles. The molecule has 0 spiro atoms. The van der Waals surface area contributed by atoms with Gasteiger partial charge in [-0.3, -0.25) is 4.79 Å². The minimum atomic E-state index is -4.42. The molecule has 1 aliphatic heterocycles. The summed E-state index contributed by atoms with van der Waals surface area (Å²) in [6, 6.07) is -0.0306. The Kier molecular flexibility index (Phi) is 5.20. The van der Waals surface area contributed by atoms with Gasteiger partial charge >= 0.3 is 6.18 Å². The molecule has 17 heavy (non-hydrogen) atoms. The highest BCUT2D eigenvalue weighted by molar-refractivity contribution is 5.77. The van der Waals surface area contributed by atoms with Gasteiger partial charge in [0.1, 0.15) is 6.54 Å². The van der Waals surface area contributed by atoms with E-state index in [0.717, 1.165) is 19.4 Å². The van der Waals surface area contributed by atoms with Gasteiger partial charge in [-0.1, -0.05) is 0 Å². The number of aliphatic hydroxyl groups excluding tert-OH is 1. The second kappa shape index (κ2) is 6.20. The molecule has 7 heteroatoms. The van der Waals surface area contributed by atoms with Gasteiger partial charge in [0.2, 0.25) is 5.91 Å². The molecular formula is C10H17F3N2O2. The van der Waals surface area contributed by atoms with Crippen LogP contribution in [0, 0.1) is 0 Å². The lowest BCUT2D eigenvalue weighted by Crippen LogP contribution is -2.42. The Labute approximate surface area is 97.8 Å². The Morgan fingerprint density at radius 1 is 1.47 bits per heavy atom. The van der Waals surface area contributed by atoms with E-state index in [4.69, 9.17) is 5.11 Å². The van der Waals surface area contributed by atoms with Gasteiger partial charge in [0.15, 0.2) is 0 Å². The van der Waals surface area contributed by atoms with Gasteiger partial charge in [-0.05, 0) is 19.4 Å². The maximum absolute atomic E-state index is 12.2. The first-order valence-electron chi connectivity index (χ1n) is 5.61. The van der Waals surface area contributed by atoms with Crippen molar-refractivity contribution in [3.63, 3.8) is 0 Å². The second-order valence-corrected chi connectivity index (χ2v) is 4.15. The highest BCUT2D eigenvalue weighted by atomic mass is 19.4. The molecule has 1 atom stereocenters. The Balaban J connectivity index is 2.47. The molecule has 1 aliphatic rings. The summed E-state index contributed by atoms with van der Waals surface area (Å²) < 4.78 is 36.6. The molecule has 0 radical (unpaired) electrons. The Morgan fingerprint density at radius 3 is 2.65 bits per heavy atom. The molecule has 1 rings (SSSR count). The molecule has 0 aromatic carbocycles. The molecule has 2 N–H and O–H groups in total. The van der Waals surface area contributed by atoms with Gasteiger partial charge in [-0.2, -0.15) is 13.2 Å². The number of amides is 1. The van der Waals surface area contributed by atoms with Gasteiger partial charge in [-0.25, -0.2) is 0 Å². The topological polar surface area (TPSA) is 52.6 Å². The lowest BCUT2D eigenvalue weighted by molar-refractivity contribution is -0.162. The van der Waals surface area contributed by atoms with Gasteiger partial charge < -0.3 is 15.3 Å². The van der Waals surface area contributed by atoms with E-state index >= 15 is 0 Å². The Bertz CT molecular complexity index is 252. The van der Waals surface area contributed by atoms with Gasteiger partial charge in [0, 0.05) is 19.0 Å². The van der Waals surface area contributed by atoms with Crippen LogP contribution < -0.4 is 5.32 Å². The number of carbonyl (C=O) groups excluding carboxylic acids is 1. The Hall–Kier alpha value is -0.820. The summed E-state index contributed by atoms with van der Waals surface area (Å²) in [5.41, 5.74) is 0. The highest BCUT2D eigenvalue weighted by Gasteiger charge is 2.33. The summed E-state index contributed by atoms with van der Waals surface area (Å²) in [6.07, 6.45) is -2.61. The smallest absolute Gasteiger partial charge is 0.395 e. The van der Waals surface area contributed by atoms with Crippen LogP contribution in [0.1, 0.15) is 19.3 Å². The zero-order valence-electron chi connectivity index (χ0n) is 9.46. The fraction of sp³-hybridized carbons (Fsp3) is 0.900. The molecule has 1 saturated heterocycles. The monoisotopic (exact) mass is 254 g/mol. The van der Waals surface area contributed by atoms with E-state index in [1.54, 1.807) is 0 Å². The van der Waals surface area contributed by atoms with Crippen LogP contribution in [0.2, 0.25) is 0 Å². The van der Waals surface area contributed by atoms with Crippen molar-refractivity contribution in [1.82, 2.24) is 10.2 Å². The Morgan fingerprint density at radius 2 is 2.18 bits per heavy atom. The van der Waals surface area contributed by atoms with Crippen molar-refractivity contribution >= 4 is 5.91 Å². The van der Waals surface area contributed by atoms with Crippen molar-refractivity contribution in [2.45, 2.75) is 31.5 Å². The maximum Gasteiger partial charge on any atom is 0.406 e. The van der Waals surface area contributed by atoms with E-state index in [0.29, 0.717) is 4.90 Å². The normalized spacial score (nSPS) is 20.6. The molecule has 0 saturated carbocycles. The van der Waals surface area contributed by atoms with E-state index in [1.807, 2.05) is 0 Å². The number of hydrogen-bond acceptors (Lipinski definition) is 3. The van der Waals surface area contributed by atoms with Gasteiger partial charge in [0.05, 0.1) is 6.61 Å². The van der Waals surface area contributed by atoms with Crippen molar-refractivity contribution in [2.75, 3.05) is 26.2 Å². The zero-order chi connectivity index (χ0) is 12.9. The highest BCUT2D eigenvalue weighted by Crippen LogP contribution is 2.18. The number of halogens is 3. The first-order valence-corrected chi connectivity index (χ1v) is 5.61. The summed E-state index contributed by atoms with van der Waals surface area (Å²) in [4.78, 5) is 12.3. The van der Waals surface area contributed by atoms with Crippen molar-refractivity contribution in [3.8, 4) is 0 Å². The van der Waals surface area contributed by atoms with Crippen LogP contribution in [-0.2, 0) is 4.79 Å². The third-order valence-corrected chi connectivity index (χ3v) is 2.68. The third-order valence-electron chi connectivity index (χ3n) is 2.68. The van der Waals surface area contributed by atoms with E-state index in [1.165, 1.54) is 0 Å². The average molecular weight is 254 g/mol. The van der Waals surface area contributed by atoms with Crippen LogP contribution >= 0.6 is 0 Å². The molecular weight excluding hydrogens is 237 g/mol. The number of nitrogens with zero attached hydrogens (tertiary/aromatic N) is 1. The quantitative estimate of drug-likeness (QED) is 0.751. The molecule has 1 amide bonds. The average Bonchev–Trinajstić information content (AvgIpc) is 2.67. The molecule has 0 bridgehead atoms. The predicted molar refractivity (Wildman–Crippen MR) is 55.4 cm³/mol. The van der Waals surface area contributed by atoms with E-state index in [9.17, 15) is 18.0 Å². The van der Waals surface area contributed by atoms with Crippen molar-refractivity contribution in [2.24, 2.45) is 0 Å². The number of rotatable bonds is 5. The fourth-order valence-electron chi connectivity index (χ4n) is 1.90. The molecule has 1 unspecified atom stereocenters. The molecule has 0 aliphatic carbocycles. The minimum absolute atomic E-state index is 0.0306. The van der Waals surface area contributed by atoms with Crippen LogP contribution in [0.3, 0.4) is 0 Å². The summed E-state index contributed by atoms with van der Waals surface area (Å²) in [6.45, 7) is -1.22. The van der Waals surface area contributed by atoms with Crippen LogP contribution in [0.15, 0.2) is 0 Å². The summed E-state index contributed by atoms with van der Waals surface area (Å²) in [5.74, 6) is -0.559. The van der Waals surface area contributed by atoms with Crippen molar-refractivity contribution < 1.29 is 23.1 Å². The maximum atomic E-state index is 12.2. The number of hydrogen-bond donors (Lipinski definition) is 2. The number of aliphatic hydroxyl groups is 1. The van der Waals surface area contributed by atoms with E-state index in [2.05, 4.69) is 5.32 Å². The number of carbonyl (C=O) groups is 1. The number of alkyl halides is 3. The first kappa shape index (κ1) is 14.2. The summed E-state index contributed by atoms with van der Waals surface area (Å²) >= 11 is 0. The SMILES string of the molecule is O=C(CC1CCCN1)N(CCO)CC(F)(F)F. The van der Waals surface area contributed by atoms with Crippen molar-refractivity contribution in [3.05, 3.63) is 0 Å². The van der Waals surface area contributed by atoms with Gasteiger partial charge in [-0.15, -0.1) is 0 Å². The van der Waals surface area contributed by atoms with Gasteiger partial charge in [0.25, 0.3) is 0 Å². The fourth-order valence-corrected chi connectivity index (χ4v) is 1.90. The summed E-state index contributed by atoms with van der Waals surface area (Å²) in [7, 11) is 0. The minimum Gasteiger partial charge on any atom is -0.395 e. The van der Waals surface area contributed by atoms with Crippen LogP contribution in [-0.4, -0.2) is 54.4 Å². The van der Waals surface area contributed by atoms with Crippen LogP contribution in [0.5, 0.6) is 0 Å². The lowest BCUT2D eigenvalue weighted by atomic mass is 10.1. The standard InChI is InChI=1S/C10H17F3N2O2/c11-10(12,13)7-15(4-5-16)9(17)6-8-2-1-3-14-8/h8,14,16H,1-7H2. The van der Waals surface area contributed by atoms with E-state index < -0.39 is 25.2 Å². The number of nitrogens with one attached hydrogen (secondary N) is 1. The lowest BCUT2D eigenvalue weighted by Gasteiger charge is -2.24. The van der Waals surface area contributed by atoms with Crippen LogP contribution in [0.25, 0.3) is 0 Å². The largest absolute Gasteiger partial charge is 0.406 e. The molecule has 0 aromatic rings. The molecule has 1 fully saturated rings. The molecule has 4 nitrogen and oxygen atoms in total. The van der Waals surface area contributed by atoms with Crippen LogP contribution in [0.4, 0.5) is 13.2 Å². The predicted octanol–water partition coefficient (Wildman–Crippen LogP) is 0.512. The van der Waals surface area contributed by atoms with Crippen molar-refractivity contribution in [1.29, 1.82) is 0 Å². The first-order chi connectivity index (χ1) is 7.92. The molecule has 1 heterocycles. The molecule has 100 valence electrons. The zero-order valence-corrected chi connectivity index (χ0v) is 9.46.